The summed E-state index contributed by atoms with van der Waals surface area (Å²) in [6.45, 7) is 3.65. The van der Waals surface area contributed by atoms with E-state index in [2.05, 4.69) is 9.88 Å². The lowest BCUT2D eigenvalue weighted by molar-refractivity contribution is 0.0568. The van der Waals surface area contributed by atoms with Gasteiger partial charge in [0.15, 0.2) is 0 Å². The molecule has 0 N–H and O–H groups in total. The Morgan fingerprint density at radius 3 is 2.48 bits per heavy atom. The minimum absolute atomic E-state index is 0.0711. The fraction of sp³-hybridized carbons (Fsp3) is 0.474. The van der Waals surface area contributed by atoms with Crippen molar-refractivity contribution in [1.82, 2.24) is 14.8 Å². The third-order valence-corrected chi connectivity index (χ3v) is 5.26. The van der Waals surface area contributed by atoms with Crippen LogP contribution >= 0.6 is 0 Å². The van der Waals surface area contributed by atoms with Crippen molar-refractivity contribution in [3.05, 3.63) is 42.1 Å². The van der Waals surface area contributed by atoms with Crippen LogP contribution in [0.4, 0.5) is 0 Å². The predicted molar refractivity (Wildman–Crippen MR) is 91.5 cm³/mol. The van der Waals surface area contributed by atoms with Crippen LogP contribution in [0.3, 0.4) is 0 Å². The van der Waals surface area contributed by atoms with E-state index < -0.39 is 0 Å². The molecule has 0 spiro atoms. The minimum Gasteiger partial charge on any atom is -0.335 e. The Bertz CT molecular complexity index is 701. The number of pyridine rings is 1. The zero-order valence-corrected chi connectivity index (χ0v) is 13.4. The van der Waals surface area contributed by atoms with E-state index in [1.54, 1.807) is 0 Å². The first kappa shape index (κ1) is 14.6. The Morgan fingerprint density at radius 1 is 0.957 bits per heavy atom. The Balaban J connectivity index is 1.44. The number of aromatic nitrogens is 1. The van der Waals surface area contributed by atoms with E-state index in [4.69, 9.17) is 0 Å². The molecule has 1 aliphatic heterocycles. The van der Waals surface area contributed by atoms with E-state index >= 15 is 0 Å². The van der Waals surface area contributed by atoms with E-state index in [9.17, 15) is 4.79 Å². The molecule has 1 aromatic carbocycles. The summed E-state index contributed by atoms with van der Waals surface area (Å²) in [6, 6.07) is 12.5. The lowest BCUT2D eigenvalue weighted by atomic mass is 10.1. The van der Waals surface area contributed by atoms with Crippen molar-refractivity contribution in [3.8, 4) is 0 Å². The van der Waals surface area contributed by atoms with Crippen LogP contribution in [0, 0.1) is 0 Å². The molecule has 4 heteroatoms. The first-order chi connectivity index (χ1) is 11.3. The quantitative estimate of drug-likeness (QED) is 0.856. The number of carbonyl (C=O) groups is 1. The summed E-state index contributed by atoms with van der Waals surface area (Å²) in [5.41, 5.74) is 1.46. The van der Waals surface area contributed by atoms with Gasteiger partial charge in [-0.05, 0) is 25.0 Å². The number of hydrogen-bond acceptors (Lipinski definition) is 3. The van der Waals surface area contributed by atoms with Gasteiger partial charge in [0.25, 0.3) is 5.91 Å². The first-order valence-corrected chi connectivity index (χ1v) is 8.70. The molecule has 1 saturated heterocycles. The summed E-state index contributed by atoms with van der Waals surface area (Å²) in [5, 5.41) is 1.08. The fourth-order valence-electron chi connectivity index (χ4n) is 3.91. The van der Waals surface area contributed by atoms with Crippen molar-refractivity contribution in [3.63, 3.8) is 0 Å². The number of benzene rings is 1. The molecule has 1 saturated carbocycles. The van der Waals surface area contributed by atoms with Gasteiger partial charge in [0.1, 0.15) is 5.69 Å². The number of rotatable bonds is 2. The van der Waals surface area contributed by atoms with Crippen LogP contribution in [-0.4, -0.2) is 52.9 Å². The highest BCUT2D eigenvalue weighted by Gasteiger charge is 2.28. The van der Waals surface area contributed by atoms with Crippen molar-refractivity contribution in [2.45, 2.75) is 31.7 Å². The van der Waals surface area contributed by atoms with Gasteiger partial charge >= 0.3 is 0 Å². The normalized spacial score (nSPS) is 20.3. The number of nitrogens with zero attached hydrogens (tertiary/aromatic N) is 3. The largest absolute Gasteiger partial charge is 0.335 e. The molecule has 1 aliphatic carbocycles. The fourth-order valence-corrected chi connectivity index (χ4v) is 3.91. The zero-order chi connectivity index (χ0) is 15.6. The lowest BCUT2D eigenvalue weighted by Crippen LogP contribution is -2.51. The molecule has 2 heterocycles. The third kappa shape index (κ3) is 2.95. The molecule has 1 aromatic heterocycles. The van der Waals surface area contributed by atoms with Gasteiger partial charge in [0.05, 0.1) is 5.52 Å². The van der Waals surface area contributed by atoms with Crippen molar-refractivity contribution >= 4 is 16.8 Å². The summed E-state index contributed by atoms with van der Waals surface area (Å²) < 4.78 is 0. The van der Waals surface area contributed by atoms with Gasteiger partial charge in [0.2, 0.25) is 0 Å². The third-order valence-electron chi connectivity index (χ3n) is 5.26. The second-order valence-electron chi connectivity index (χ2n) is 6.66. The van der Waals surface area contributed by atoms with E-state index in [0.29, 0.717) is 5.69 Å². The average Bonchev–Trinajstić information content (AvgIpc) is 3.15. The average molecular weight is 309 g/mol. The maximum atomic E-state index is 12.7. The molecular weight excluding hydrogens is 286 g/mol. The van der Waals surface area contributed by atoms with Gasteiger partial charge < -0.3 is 4.90 Å². The van der Waals surface area contributed by atoms with E-state index in [0.717, 1.165) is 43.1 Å². The van der Waals surface area contributed by atoms with Crippen LogP contribution in [0.5, 0.6) is 0 Å². The Hall–Kier alpha value is -1.94. The number of fused-ring (bicyclic) bond motifs is 1. The highest BCUT2D eigenvalue weighted by atomic mass is 16.2. The molecular formula is C19H23N3O. The molecule has 23 heavy (non-hydrogen) atoms. The number of piperazine rings is 1. The Kier molecular flexibility index (Phi) is 4.00. The molecule has 2 aliphatic rings. The molecule has 2 fully saturated rings. The highest BCUT2D eigenvalue weighted by molar-refractivity contribution is 5.95. The van der Waals surface area contributed by atoms with Crippen LogP contribution in [0.25, 0.3) is 10.9 Å². The van der Waals surface area contributed by atoms with Crippen molar-refractivity contribution in [2.75, 3.05) is 26.2 Å². The second-order valence-corrected chi connectivity index (χ2v) is 6.66. The van der Waals surface area contributed by atoms with Gasteiger partial charge in [-0.2, -0.15) is 0 Å². The maximum Gasteiger partial charge on any atom is 0.272 e. The van der Waals surface area contributed by atoms with Gasteiger partial charge in [-0.1, -0.05) is 37.1 Å². The molecule has 0 unspecified atom stereocenters. The maximum absolute atomic E-state index is 12.7. The molecule has 1 amide bonds. The molecule has 0 radical (unpaired) electrons. The number of hydrogen-bond donors (Lipinski definition) is 0. The van der Waals surface area contributed by atoms with Crippen LogP contribution in [-0.2, 0) is 0 Å². The van der Waals surface area contributed by atoms with Gasteiger partial charge in [0, 0.05) is 37.6 Å². The summed E-state index contributed by atoms with van der Waals surface area (Å²) >= 11 is 0. The molecule has 0 atom stereocenters. The van der Waals surface area contributed by atoms with Crippen LogP contribution in [0.2, 0.25) is 0 Å². The molecule has 4 nitrogen and oxygen atoms in total. The molecule has 2 aromatic rings. The molecule has 4 rings (SSSR count). The molecule has 0 bridgehead atoms. The van der Waals surface area contributed by atoms with Gasteiger partial charge in [-0.25, -0.2) is 4.98 Å². The Labute approximate surface area is 137 Å². The van der Waals surface area contributed by atoms with Crippen molar-refractivity contribution in [1.29, 1.82) is 0 Å². The van der Waals surface area contributed by atoms with Crippen LogP contribution in [0.1, 0.15) is 36.2 Å². The lowest BCUT2D eigenvalue weighted by Gasteiger charge is -2.37. The van der Waals surface area contributed by atoms with Crippen LogP contribution < -0.4 is 0 Å². The Morgan fingerprint density at radius 2 is 1.70 bits per heavy atom. The smallest absolute Gasteiger partial charge is 0.272 e. The van der Waals surface area contributed by atoms with Gasteiger partial charge in [-0.3, -0.25) is 9.69 Å². The standard InChI is InChI=1S/C19H23N3O/c23-19(18-10-9-15-5-1-4-8-17(15)20-18)22-13-11-21(12-14-22)16-6-2-3-7-16/h1,4-5,8-10,16H,2-3,6-7,11-14H2. The monoisotopic (exact) mass is 309 g/mol. The number of carbonyl (C=O) groups excluding carboxylic acids is 1. The number of amides is 1. The first-order valence-electron chi connectivity index (χ1n) is 8.70. The van der Waals surface area contributed by atoms with Crippen molar-refractivity contribution in [2.24, 2.45) is 0 Å². The summed E-state index contributed by atoms with van der Waals surface area (Å²) in [7, 11) is 0. The second kappa shape index (κ2) is 6.28. The summed E-state index contributed by atoms with van der Waals surface area (Å²) in [6.07, 6.45) is 5.40. The highest BCUT2D eigenvalue weighted by Crippen LogP contribution is 2.24. The van der Waals surface area contributed by atoms with E-state index in [-0.39, 0.29) is 5.91 Å². The number of para-hydroxylation sites is 1. The molecule has 120 valence electrons. The van der Waals surface area contributed by atoms with Crippen molar-refractivity contribution < 1.29 is 4.79 Å². The topological polar surface area (TPSA) is 36.4 Å². The minimum atomic E-state index is 0.0711. The summed E-state index contributed by atoms with van der Waals surface area (Å²) in [4.78, 5) is 21.8. The predicted octanol–water partition coefficient (Wildman–Crippen LogP) is 2.94. The van der Waals surface area contributed by atoms with E-state index in [1.165, 1.54) is 25.7 Å². The van der Waals surface area contributed by atoms with E-state index in [1.807, 2.05) is 41.3 Å². The van der Waals surface area contributed by atoms with Crippen LogP contribution in [0.15, 0.2) is 36.4 Å². The zero-order valence-electron chi connectivity index (χ0n) is 13.4. The SMILES string of the molecule is O=C(c1ccc2ccccc2n1)N1CCN(C2CCCC2)CC1. The van der Waals surface area contributed by atoms with Gasteiger partial charge in [-0.15, -0.1) is 0 Å². The summed E-state index contributed by atoms with van der Waals surface area (Å²) in [5.74, 6) is 0.0711.